The number of nitrogens with zero attached hydrogens (tertiary/aromatic N) is 1. The summed E-state index contributed by atoms with van der Waals surface area (Å²) in [5.74, 6) is 0.805. The fraction of sp³-hybridized carbons (Fsp3) is 0.391. The molecule has 0 spiro atoms. The molecule has 7 nitrogen and oxygen atoms in total. The zero-order valence-corrected chi connectivity index (χ0v) is 18.2. The van der Waals surface area contributed by atoms with Crippen molar-refractivity contribution < 1.29 is 23.3 Å². The summed E-state index contributed by atoms with van der Waals surface area (Å²) >= 11 is 0. The summed E-state index contributed by atoms with van der Waals surface area (Å²) in [4.78, 5) is 2.12. The van der Waals surface area contributed by atoms with Crippen LogP contribution in [0.2, 0.25) is 0 Å². The molecular weight excluding hydrogens is 401 g/mol. The van der Waals surface area contributed by atoms with E-state index in [1.54, 1.807) is 32.4 Å². The van der Waals surface area contributed by atoms with Crippen LogP contribution in [-0.2, 0) is 15.1 Å². The lowest BCUT2D eigenvalue weighted by Crippen LogP contribution is -2.47. The van der Waals surface area contributed by atoms with Crippen LogP contribution in [0.4, 0.5) is 10.1 Å². The van der Waals surface area contributed by atoms with Gasteiger partial charge in [0.1, 0.15) is 18.0 Å². The van der Waals surface area contributed by atoms with E-state index in [2.05, 4.69) is 4.90 Å². The van der Waals surface area contributed by atoms with E-state index in [0.717, 1.165) is 16.8 Å². The second-order valence-electron chi connectivity index (χ2n) is 7.49. The number of ether oxygens (including phenoxy) is 4. The third-order valence-electron chi connectivity index (χ3n) is 5.38. The SMILES string of the molecule is COCCOc1cc(/C(=C\N)N2CCOC(C)(c3ccc(F)cc3)C2)c(N)cc1OC. The first-order chi connectivity index (χ1) is 14.9. The average molecular weight is 432 g/mol. The highest BCUT2D eigenvalue weighted by Gasteiger charge is 2.35. The highest BCUT2D eigenvalue weighted by molar-refractivity contribution is 5.77. The molecule has 168 valence electrons. The van der Waals surface area contributed by atoms with E-state index < -0.39 is 5.60 Å². The summed E-state index contributed by atoms with van der Waals surface area (Å²) in [6, 6.07) is 9.91. The summed E-state index contributed by atoms with van der Waals surface area (Å²) in [5, 5.41) is 0. The van der Waals surface area contributed by atoms with Crippen LogP contribution in [0, 0.1) is 5.82 Å². The molecule has 1 saturated heterocycles. The molecule has 2 aromatic carbocycles. The molecule has 4 N–H and O–H groups in total. The Labute approximate surface area is 182 Å². The van der Waals surface area contributed by atoms with Crippen LogP contribution >= 0.6 is 0 Å². The van der Waals surface area contributed by atoms with Crippen molar-refractivity contribution in [3.05, 3.63) is 59.5 Å². The first-order valence-electron chi connectivity index (χ1n) is 10.1. The van der Waals surface area contributed by atoms with Gasteiger partial charge in [-0.15, -0.1) is 0 Å². The van der Waals surface area contributed by atoms with Gasteiger partial charge in [-0.25, -0.2) is 4.39 Å². The summed E-state index contributed by atoms with van der Waals surface area (Å²) in [5.41, 5.74) is 14.7. The molecule has 0 radical (unpaired) electrons. The number of rotatable bonds is 8. The van der Waals surface area contributed by atoms with E-state index in [0.29, 0.717) is 50.1 Å². The van der Waals surface area contributed by atoms with Gasteiger partial charge in [0.2, 0.25) is 0 Å². The van der Waals surface area contributed by atoms with Crippen molar-refractivity contribution in [2.75, 3.05) is 52.9 Å². The largest absolute Gasteiger partial charge is 0.493 e. The highest BCUT2D eigenvalue weighted by atomic mass is 19.1. The van der Waals surface area contributed by atoms with E-state index >= 15 is 0 Å². The first-order valence-corrected chi connectivity index (χ1v) is 10.1. The number of nitrogens with two attached hydrogens (primary N) is 2. The molecule has 8 heteroatoms. The Balaban J connectivity index is 1.90. The van der Waals surface area contributed by atoms with Gasteiger partial charge in [0.15, 0.2) is 11.5 Å². The van der Waals surface area contributed by atoms with E-state index in [9.17, 15) is 4.39 Å². The van der Waals surface area contributed by atoms with Crippen molar-refractivity contribution in [2.45, 2.75) is 12.5 Å². The van der Waals surface area contributed by atoms with Gasteiger partial charge in [-0.2, -0.15) is 0 Å². The molecule has 1 heterocycles. The Kier molecular flexibility index (Phi) is 7.25. The minimum Gasteiger partial charge on any atom is -0.493 e. The van der Waals surface area contributed by atoms with Gasteiger partial charge in [0.25, 0.3) is 0 Å². The predicted molar refractivity (Wildman–Crippen MR) is 118 cm³/mol. The predicted octanol–water partition coefficient (Wildman–Crippen LogP) is 2.95. The average Bonchev–Trinajstić information content (AvgIpc) is 2.76. The van der Waals surface area contributed by atoms with Crippen molar-refractivity contribution in [1.82, 2.24) is 4.90 Å². The molecule has 1 unspecified atom stereocenters. The van der Waals surface area contributed by atoms with Crippen molar-refractivity contribution in [2.24, 2.45) is 5.73 Å². The number of anilines is 1. The smallest absolute Gasteiger partial charge is 0.162 e. The number of methoxy groups -OCH3 is 2. The molecule has 3 rings (SSSR count). The van der Waals surface area contributed by atoms with Gasteiger partial charge in [-0.1, -0.05) is 12.1 Å². The van der Waals surface area contributed by atoms with Gasteiger partial charge in [0.05, 0.1) is 32.6 Å². The molecule has 0 saturated carbocycles. The van der Waals surface area contributed by atoms with Crippen LogP contribution in [0.5, 0.6) is 11.5 Å². The monoisotopic (exact) mass is 431 g/mol. The van der Waals surface area contributed by atoms with Crippen LogP contribution in [0.3, 0.4) is 0 Å². The number of halogens is 1. The van der Waals surface area contributed by atoms with Crippen molar-refractivity contribution in [3.8, 4) is 11.5 Å². The Hall–Kier alpha value is -2.97. The summed E-state index contributed by atoms with van der Waals surface area (Å²) in [6.07, 6.45) is 1.54. The number of benzene rings is 2. The van der Waals surface area contributed by atoms with Gasteiger partial charge in [0, 0.05) is 37.2 Å². The Morgan fingerprint density at radius 3 is 2.58 bits per heavy atom. The highest BCUT2D eigenvalue weighted by Crippen LogP contribution is 2.38. The first kappa shape index (κ1) is 22.7. The fourth-order valence-corrected chi connectivity index (χ4v) is 3.72. The van der Waals surface area contributed by atoms with Crippen molar-refractivity contribution in [3.63, 3.8) is 0 Å². The molecular formula is C23H30FN3O4. The lowest BCUT2D eigenvalue weighted by Gasteiger charge is -2.43. The maximum Gasteiger partial charge on any atom is 0.162 e. The molecule has 0 aliphatic carbocycles. The third kappa shape index (κ3) is 5.03. The molecule has 0 amide bonds. The second-order valence-corrected chi connectivity index (χ2v) is 7.49. The fourth-order valence-electron chi connectivity index (χ4n) is 3.72. The molecule has 1 aliphatic rings. The van der Waals surface area contributed by atoms with Gasteiger partial charge in [-0.3, -0.25) is 0 Å². The second kappa shape index (κ2) is 9.89. The lowest BCUT2D eigenvalue weighted by molar-refractivity contribution is -0.0881. The number of hydrogen-bond acceptors (Lipinski definition) is 7. The topological polar surface area (TPSA) is 92.2 Å². The summed E-state index contributed by atoms with van der Waals surface area (Å²) in [6.45, 7) is 4.44. The van der Waals surface area contributed by atoms with E-state index in [1.807, 2.05) is 13.0 Å². The Morgan fingerprint density at radius 1 is 1.19 bits per heavy atom. The van der Waals surface area contributed by atoms with Crippen LogP contribution in [0.1, 0.15) is 18.1 Å². The van der Waals surface area contributed by atoms with Crippen molar-refractivity contribution in [1.29, 1.82) is 0 Å². The summed E-state index contributed by atoms with van der Waals surface area (Å²) in [7, 11) is 3.17. The van der Waals surface area contributed by atoms with Crippen LogP contribution < -0.4 is 20.9 Å². The molecule has 31 heavy (non-hydrogen) atoms. The van der Waals surface area contributed by atoms with E-state index in [1.165, 1.54) is 18.3 Å². The standard InChI is InChI=1S/C23H30FN3O4/c1-23(16-4-6-17(24)7-5-16)15-27(8-9-31-23)20(14-25)18-12-22(30-11-10-28-2)21(29-3)13-19(18)26/h4-7,12-14H,8-11,15,25-26H2,1-3H3/b20-14+. The van der Waals surface area contributed by atoms with Crippen LogP contribution in [0.25, 0.3) is 5.70 Å². The third-order valence-corrected chi connectivity index (χ3v) is 5.38. The normalized spacial score (nSPS) is 19.4. The number of morpholine rings is 1. The maximum atomic E-state index is 13.4. The van der Waals surface area contributed by atoms with Crippen molar-refractivity contribution >= 4 is 11.4 Å². The molecule has 2 aromatic rings. The number of hydrogen-bond donors (Lipinski definition) is 2. The molecule has 1 aliphatic heterocycles. The molecule has 1 fully saturated rings. The minimum absolute atomic E-state index is 0.283. The van der Waals surface area contributed by atoms with Gasteiger partial charge < -0.3 is 35.3 Å². The Bertz CT molecular complexity index is 920. The Morgan fingerprint density at radius 2 is 1.94 bits per heavy atom. The van der Waals surface area contributed by atoms with E-state index in [-0.39, 0.29) is 5.82 Å². The van der Waals surface area contributed by atoms with Gasteiger partial charge >= 0.3 is 0 Å². The quantitative estimate of drug-likeness (QED) is 0.490. The molecule has 0 bridgehead atoms. The van der Waals surface area contributed by atoms with E-state index in [4.69, 9.17) is 30.4 Å². The zero-order chi connectivity index (χ0) is 22.4. The van der Waals surface area contributed by atoms with Crippen LogP contribution in [0.15, 0.2) is 42.6 Å². The zero-order valence-electron chi connectivity index (χ0n) is 18.2. The van der Waals surface area contributed by atoms with Crippen LogP contribution in [-0.4, -0.2) is 52.0 Å². The lowest BCUT2D eigenvalue weighted by atomic mass is 9.93. The maximum absolute atomic E-state index is 13.4. The molecule has 1 atom stereocenters. The van der Waals surface area contributed by atoms with Gasteiger partial charge in [-0.05, 0) is 30.7 Å². The molecule has 0 aromatic heterocycles. The minimum atomic E-state index is -0.626. The number of nitrogen functional groups attached to an aromatic ring is 1. The summed E-state index contributed by atoms with van der Waals surface area (Å²) < 4.78 is 35.8.